The number of amides is 1. The lowest BCUT2D eigenvalue weighted by Crippen LogP contribution is -2.41. The van der Waals surface area contributed by atoms with Crippen LogP contribution in [0.5, 0.6) is 0 Å². The molecule has 3 heterocycles. The second-order valence-electron chi connectivity index (χ2n) is 6.16. The van der Waals surface area contributed by atoms with Crippen molar-refractivity contribution in [1.82, 2.24) is 14.6 Å². The van der Waals surface area contributed by atoms with Crippen LogP contribution in [0.2, 0.25) is 0 Å². The zero-order valence-corrected chi connectivity index (χ0v) is 14.6. The highest BCUT2D eigenvalue weighted by molar-refractivity contribution is 6.09. The molecule has 0 aliphatic carbocycles. The molecule has 0 atom stereocenters. The number of nitrogens with zero attached hydrogens (tertiary/aromatic N) is 2. The average Bonchev–Trinajstić information content (AvgIpc) is 3.05. The van der Waals surface area contributed by atoms with Crippen molar-refractivity contribution < 1.29 is 14.6 Å². The Hall–Kier alpha value is -2.48. The van der Waals surface area contributed by atoms with Gasteiger partial charge in [0.15, 0.2) is 0 Å². The Morgan fingerprint density at radius 3 is 2.88 bits per heavy atom. The summed E-state index contributed by atoms with van der Waals surface area (Å²) in [5, 5.41) is 20.7. The van der Waals surface area contributed by atoms with Crippen LogP contribution in [-0.4, -0.2) is 65.4 Å². The molecule has 2 aromatic rings. The summed E-state index contributed by atoms with van der Waals surface area (Å²) < 4.78 is 7.14. The first-order chi connectivity index (χ1) is 12.7. The van der Waals surface area contributed by atoms with E-state index in [9.17, 15) is 9.90 Å². The van der Waals surface area contributed by atoms with Gasteiger partial charge >= 0.3 is 0 Å². The molecular formula is C19H24N4O3. The van der Waals surface area contributed by atoms with Crippen LogP contribution in [0.15, 0.2) is 42.6 Å². The molecule has 2 aromatic heterocycles. The summed E-state index contributed by atoms with van der Waals surface area (Å²) in [6.45, 7) is 4.46. The largest absolute Gasteiger partial charge is 0.392 e. The highest BCUT2D eigenvalue weighted by Crippen LogP contribution is 2.17. The lowest BCUT2D eigenvalue weighted by Gasteiger charge is -2.26. The number of allylic oxidation sites excluding steroid dienone is 1. The van der Waals surface area contributed by atoms with Crippen LogP contribution < -0.4 is 5.32 Å². The smallest absolute Gasteiger partial charge is 0.244 e. The third-order valence-corrected chi connectivity index (χ3v) is 4.42. The van der Waals surface area contributed by atoms with E-state index >= 15 is 0 Å². The Kier molecular flexibility index (Phi) is 6.17. The molecule has 1 fully saturated rings. The Labute approximate surface area is 152 Å². The van der Waals surface area contributed by atoms with Crippen molar-refractivity contribution in [2.75, 3.05) is 39.4 Å². The molecule has 0 unspecified atom stereocenters. The Morgan fingerprint density at radius 1 is 1.31 bits per heavy atom. The molecule has 0 saturated carbocycles. The third-order valence-electron chi connectivity index (χ3n) is 4.42. The van der Waals surface area contributed by atoms with Gasteiger partial charge < -0.3 is 19.6 Å². The van der Waals surface area contributed by atoms with Crippen LogP contribution in [0.3, 0.4) is 0 Å². The topological polar surface area (TPSA) is 90.1 Å². The number of rotatable bonds is 7. The number of pyridine rings is 1. The van der Waals surface area contributed by atoms with Crippen LogP contribution in [-0.2, 0) is 16.1 Å². The predicted octanol–water partition coefficient (Wildman–Crippen LogP) is 0.804. The summed E-state index contributed by atoms with van der Waals surface area (Å²) in [4.78, 5) is 14.2. The SMILES string of the molecule is N=C(/C=C\C(=O)NCCN1CCOCC1)c1c(CO)cc2ccccn12. The van der Waals surface area contributed by atoms with Gasteiger partial charge in [0.2, 0.25) is 5.91 Å². The highest BCUT2D eigenvalue weighted by Gasteiger charge is 2.13. The van der Waals surface area contributed by atoms with Gasteiger partial charge in [0, 0.05) is 49.5 Å². The Bertz CT molecular complexity index is 806. The normalized spacial score (nSPS) is 15.6. The number of fused-ring (bicyclic) bond motifs is 1. The van der Waals surface area contributed by atoms with Gasteiger partial charge in [-0.15, -0.1) is 0 Å². The van der Waals surface area contributed by atoms with E-state index in [0.717, 1.165) is 38.4 Å². The summed E-state index contributed by atoms with van der Waals surface area (Å²) in [5.74, 6) is -0.227. The number of ether oxygens (including phenoxy) is 1. The fraction of sp³-hybridized carbons (Fsp3) is 0.368. The molecule has 3 N–H and O–H groups in total. The van der Waals surface area contributed by atoms with Crippen molar-refractivity contribution in [3.8, 4) is 0 Å². The van der Waals surface area contributed by atoms with E-state index in [-0.39, 0.29) is 18.2 Å². The maximum absolute atomic E-state index is 12.0. The third kappa shape index (κ3) is 4.37. The minimum Gasteiger partial charge on any atom is -0.392 e. The maximum atomic E-state index is 12.0. The zero-order chi connectivity index (χ0) is 18.4. The van der Waals surface area contributed by atoms with Gasteiger partial charge in [-0.1, -0.05) is 6.07 Å². The van der Waals surface area contributed by atoms with E-state index in [1.807, 2.05) is 34.9 Å². The van der Waals surface area contributed by atoms with Crippen molar-refractivity contribution in [2.45, 2.75) is 6.61 Å². The van der Waals surface area contributed by atoms with Crippen LogP contribution >= 0.6 is 0 Å². The van der Waals surface area contributed by atoms with Crippen LogP contribution in [0.1, 0.15) is 11.3 Å². The number of hydrogen-bond acceptors (Lipinski definition) is 5. The number of carbonyl (C=O) groups excluding carboxylic acids is 1. The molecule has 0 spiro atoms. The molecule has 0 aromatic carbocycles. The number of aliphatic hydroxyl groups excluding tert-OH is 1. The summed E-state index contributed by atoms with van der Waals surface area (Å²) in [6, 6.07) is 7.53. The summed E-state index contributed by atoms with van der Waals surface area (Å²) in [5.41, 5.74) is 2.35. The Morgan fingerprint density at radius 2 is 2.12 bits per heavy atom. The molecule has 7 heteroatoms. The molecule has 0 bridgehead atoms. The van der Waals surface area contributed by atoms with E-state index < -0.39 is 0 Å². The zero-order valence-electron chi connectivity index (χ0n) is 14.6. The van der Waals surface area contributed by atoms with Gasteiger partial charge in [-0.05, 0) is 24.3 Å². The fourth-order valence-electron chi connectivity index (χ4n) is 3.06. The van der Waals surface area contributed by atoms with Gasteiger partial charge in [-0.2, -0.15) is 0 Å². The first-order valence-corrected chi connectivity index (χ1v) is 8.74. The molecule has 1 amide bonds. The van der Waals surface area contributed by atoms with E-state index in [2.05, 4.69) is 10.2 Å². The van der Waals surface area contributed by atoms with E-state index in [1.54, 1.807) is 0 Å². The van der Waals surface area contributed by atoms with Crippen molar-refractivity contribution in [1.29, 1.82) is 5.41 Å². The quantitative estimate of drug-likeness (QED) is 0.506. The number of nitrogens with one attached hydrogen (secondary N) is 2. The van der Waals surface area contributed by atoms with Crippen LogP contribution in [0, 0.1) is 5.41 Å². The molecule has 3 rings (SSSR count). The highest BCUT2D eigenvalue weighted by atomic mass is 16.5. The summed E-state index contributed by atoms with van der Waals surface area (Å²) in [7, 11) is 0. The number of carbonyl (C=O) groups is 1. The number of aromatic nitrogens is 1. The second kappa shape index (κ2) is 8.75. The standard InChI is InChI=1S/C19H24N4O3/c20-17(19-15(14-24)13-16-3-1-2-7-23(16)19)4-5-18(25)21-6-8-22-9-11-26-12-10-22/h1-5,7,13,20,24H,6,8-12,14H2,(H,21,25)/b5-4-,20-17?. The molecule has 1 aliphatic rings. The molecule has 0 radical (unpaired) electrons. The van der Waals surface area contributed by atoms with E-state index in [0.29, 0.717) is 17.8 Å². The first kappa shape index (κ1) is 18.3. The molecular weight excluding hydrogens is 332 g/mol. The number of morpholine rings is 1. The predicted molar refractivity (Wildman–Crippen MR) is 99.6 cm³/mol. The maximum Gasteiger partial charge on any atom is 0.244 e. The lowest BCUT2D eigenvalue weighted by molar-refractivity contribution is -0.116. The molecule has 26 heavy (non-hydrogen) atoms. The van der Waals surface area contributed by atoms with Gasteiger partial charge in [-0.3, -0.25) is 15.1 Å². The van der Waals surface area contributed by atoms with Gasteiger partial charge in [0.05, 0.1) is 31.2 Å². The lowest BCUT2D eigenvalue weighted by atomic mass is 10.1. The van der Waals surface area contributed by atoms with Gasteiger partial charge in [0.1, 0.15) is 0 Å². The van der Waals surface area contributed by atoms with E-state index in [1.165, 1.54) is 12.2 Å². The van der Waals surface area contributed by atoms with Crippen molar-refractivity contribution in [2.24, 2.45) is 0 Å². The minimum absolute atomic E-state index is 0.154. The van der Waals surface area contributed by atoms with Crippen molar-refractivity contribution >= 4 is 17.1 Å². The van der Waals surface area contributed by atoms with E-state index in [4.69, 9.17) is 10.1 Å². The van der Waals surface area contributed by atoms with Gasteiger partial charge in [0.25, 0.3) is 0 Å². The van der Waals surface area contributed by atoms with Crippen LogP contribution in [0.4, 0.5) is 0 Å². The van der Waals surface area contributed by atoms with Crippen molar-refractivity contribution in [3.05, 3.63) is 53.9 Å². The summed E-state index contributed by atoms with van der Waals surface area (Å²) >= 11 is 0. The average molecular weight is 356 g/mol. The first-order valence-electron chi connectivity index (χ1n) is 8.74. The monoisotopic (exact) mass is 356 g/mol. The second-order valence-corrected chi connectivity index (χ2v) is 6.16. The molecule has 7 nitrogen and oxygen atoms in total. The Balaban J connectivity index is 1.58. The molecule has 1 aliphatic heterocycles. The molecule has 138 valence electrons. The fourth-order valence-corrected chi connectivity index (χ4v) is 3.06. The van der Waals surface area contributed by atoms with Crippen LogP contribution in [0.25, 0.3) is 5.52 Å². The number of aliphatic hydroxyl groups is 1. The van der Waals surface area contributed by atoms with Gasteiger partial charge in [-0.25, -0.2) is 0 Å². The minimum atomic E-state index is -0.227. The van der Waals surface area contributed by atoms with Crippen molar-refractivity contribution in [3.63, 3.8) is 0 Å². The number of hydrogen-bond donors (Lipinski definition) is 3. The molecule has 1 saturated heterocycles. The summed E-state index contributed by atoms with van der Waals surface area (Å²) in [6.07, 6.45) is 4.68.